The molecule has 0 bridgehead atoms. The second-order valence-corrected chi connectivity index (χ2v) is 5.03. The van der Waals surface area contributed by atoms with E-state index in [9.17, 15) is 18.0 Å². The SMILES string of the molecule is O=C(NCc1cccc(C(F)(F)F)c1Cl)O[C@@H]1CCNC1. The van der Waals surface area contributed by atoms with Crippen LogP contribution < -0.4 is 10.6 Å². The molecule has 1 aliphatic rings. The summed E-state index contributed by atoms with van der Waals surface area (Å²) in [6.45, 7) is 1.23. The van der Waals surface area contributed by atoms with Crippen LogP contribution in [-0.2, 0) is 17.5 Å². The highest BCUT2D eigenvalue weighted by atomic mass is 35.5. The average Bonchev–Trinajstić information content (AvgIpc) is 2.89. The van der Waals surface area contributed by atoms with E-state index in [2.05, 4.69) is 10.6 Å². The van der Waals surface area contributed by atoms with E-state index in [0.717, 1.165) is 19.0 Å². The molecule has 2 rings (SSSR count). The minimum Gasteiger partial charge on any atom is -0.445 e. The summed E-state index contributed by atoms with van der Waals surface area (Å²) in [5, 5.41) is 5.03. The van der Waals surface area contributed by atoms with Gasteiger partial charge in [-0.15, -0.1) is 0 Å². The Morgan fingerprint density at radius 2 is 2.24 bits per heavy atom. The van der Waals surface area contributed by atoms with Gasteiger partial charge in [0.2, 0.25) is 0 Å². The van der Waals surface area contributed by atoms with Gasteiger partial charge in [0.15, 0.2) is 0 Å². The molecule has 0 radical (unpaired) electrons. The first-order valence-corrected chi connectivity index (χ1v) is 6.75. The van der Waals surface area contributed by atoms with Crippen molar-refractivity contribution in [2.75, 3.05) is 13.1 Å². The Morgan fingerprint density at radius 1 is 1.48 bits per heavy atom. The number of alkyl halides is 3. The second-order valence-electron chi connectivity index (χ2n) is 4.65. The van der Waals surface area contributed by atoms with Gasteiger partial charge in [-0.3, -0.25) is 0 Å². The first kappa shape index (κ1) is 15.9. The Balaban J connectivity index is 1.95. The zero-order valence-corrected chi connectivity index (χ0v) is 11.7. The minimum atomic E-state index is -4.52. The number of carbonyl (C=O) groups excluding carboxylic acids is 1. The third kappa shape index (κ3) is 4.25. The van der Waals surface area contributed by atoms with Crippen LogP contribution in [-0.4, -0.2) is 25.3 Å². The molecule has 2 N–H and O–H groups in total. The zero-order chi connectivity index (χ0) is 15.5. The summed E-state index contributed by atoms with van der Waals surface area (Å²) in [6.07, 6.45) is -4.68. The normalized spacial score (nSPS) is 18.6. The molecule has 1 saturated heterocycles. The van der Waals surface area contributed by atoms with Crippen molar-refractivity contribution in [2.45, 2.75) is 25.2 Å². The van der Waals surface area contributed by atoms with Gasteiger partial charge in [-0.1, -0.05) is 23.7 Å². The van der Waals surface area contributed by atoms with E-state index in [0.29, 0.717) is 6.54 Å². The molecule has 0 unspecified atom stereocenters. The topological polar surface area (TPSA) is 50.4 Å². The number of amides is 1. The maximum Gasteiger partial charge on any atom is 0.417 e. The number of nitrogens with one attached hydrogen (secondary N) is 2. The van der Waals surface area contributed by atoms with Gasteiger partial charge in [0.05, 0.1) is 10.6 Å². The fraction of sp³-hybridized carbons (Fsp3) is 0.462. The molecule has 0 aliphatic carbocycles. The van der Waals surface area contributed by atoms with E-state index in [-0.39, 0.29) is 18.2 Å². The maximum absolute atomic E-state index is 12.7. The molecule has 1 aromatic carbocycles. The summed E-state index contributed by atoms with van der Waals surface area (Å²) in [5.41, 5.74) is -0.732. The molecule has 1 atom stereocenters. The predicted octanol–water partition coefficient (Wildman–Crippen LogP) is 2.95. The largest absolute Gasteiger partial charge is 0.445 e. The summed E-state index contributed by atoms with van der Waals surface area (Å²) in [4.78, 5) is 11.5. The van der Waals surface area contributed by atoms with Gasteiger partial charge >= 0.3 is 12.3 Å². The predicted molar refractivity (Wildman–Crippen MR) is 71.0 cm³/mol. The van der Waals surface area contributed by atoms with Gasteiger partial charge in [-0.2, -0.15) is 13.2 Å². The molecule has 0 spiro atoms. The minimum absolute atomic E-state index is 0.123. The molecule has 1 fully saturated rings. The highest BCUT2D eigenvalue weighted by Gasteiger charge is 2.33. The number of carbonyl (C=O) groups is 1. The van der Waals surface area contributed by atoms with Crippen LogP contribution in [0.15, 0.2) is 18.2 Å². The van der Waals surface area contributed by atoms with Gasteiger partial charge in [-0.05, 0) is 24.6 Å². The van der Waals surface area contributed by atoms with E-state index in [1.54, 1.807) is 0 Å². The van der Waals surface area contributed by atoms with Crippen LogP contribution in [0.25, 0.3) is 0 Å². The van der Waals surface area contributed by atoms with Crippen molar-refractivity contribution in [1.82, 2.24) is 10.6 Å². The lowest BCUT2D eigenvalue weighted by Gasteiger charge is -2.14. The summed E-state index contributed by atoms with van der Waals surface area (Å²) in [5.74, 6) is 0. The molecule has 4 nitrogen and oxygen atoms in total. The number of alkyl carbamates (subject to hydrolysis) is 1. The van der Waals surface area contributed by atoms with E-state index >= 15 is 0 Å². The molecule has 8 heteroatoms. The van der Waals surface area contributed by atoms with Crippen molar-refractivity contribution in [1.29, 1.82) is 0 Å². The molecule has 21 heavy (non-hydrogen) atoms. The van der Waals surface area contributed by atoms with Gasteiger partial charge < -0.3 is 15.4 Å². The van der Waals surface area contributed by atoms with Crippen molar-refractivity contribution in [2.24, 2.45) is 0 Å². The van der Waals surface area contributed by atoms with Crippen molar-refractivity contribution in [3.05, 3.63) is 34.3 Å². The molecular weight excluding hydrogens is 309 g/mol. The maximum atomic E-state index is 12.7. The molecule has 1 aliphatic heterocycles. The summed E-state index contributed by atoms with van der Waals surface area (Å²) in [7, 11) is 0. The Kier molecular flexibility index (Phi) is 4.95. The van der Waals surface area contributed by atoms with Gasteiger partial charge in [0.1, 0.15) is 6.10 Å². The molecule has 1 heterocycles. The molecule has 1 amide bonds. The number of hydrogen-bond donors (Lipinski definition) is 2. The Bertz CT molecular complexity index is 517. The zero-order valence-electron chi connectivity index (χ0n) is 11.0. The van der Waals surface area contributed by atoms with Crippen LogP contribution in [0.3, 0.4) is 0 Å². The molecule has 0 aromatic heterocycles. The van der Waals surface area contributed by atoms with Crippen LogP contribution >= 0.6 is 11.6 Å². The molecule has 116 valence electrons. The van der Waals surface area contributed by atoms with Crippen molar-refractivity contribution in [3.8, 4) is 0 Å². The monoisotopic (exact) mass is 322 g/mol. The number of benzene rings is 1. The smallest absolute Gasteiger partial charge is 0.417 e. The van der Waals surface area contributed by atoms with E-state index in [1.807, 2.05) is 0 Å². The number of hydrogen-bond acceptors (Lipinski definition) is 3. The third-order valence-corrected chi connectivity index (χ3v) is 3.54. The Labute approximate surface area is 124 Å². The lowest BCUT2D eigenvalue weighted by molar-refractivity contribution is -0.137. The lowest BCUT2D eigenvalue weighted by atomic mass is 10.1. The summed E-state index contributed by atoms with van der Waals surface area (Å²) >= 11 is 5.73. The van der Waals surface area contributed by atoms with Crippen molar-refractivity contribution in [3.63, 3.8) is 0 Å². The van der Waals surface area contributed by atoms with E-state index < -0.39 is 22.9 Å². The number of ether oxygens (including phenoxy) is 1. The first-order valence-electron chi connectivity index (χ1n) is 6.37. The van der Waals surface area contributed by atoms with Crippen LogP contribution in [0.2, 0.25) is 5.02 Å². The number of halogens is 4. The third-order valence-electron chi connectivity index (χ3n) is 3.10. The lowest BCUT2D eigenvalue weighted by Crippen LogP contribution is -2.29. The fourth-order valence-corrected chi connectivity index (χ4v) is 2.32. The average molecular weight is 323 g/mol. The summed E-state index contributed by atoms with van der Waals surface area (Å²) in [6, 6.07) is 3.57. The van der Waals surface area contributed by atoms with E-state index in [4.69, 9.17) is 16.3 Å². The fourth-order valence-electron chi connectivity index (χ4n) is 2.02. The first-order chi connectivity index (χ1) is 9.88. The van der Waals surface area contributed by atoms with Crippen LogP contribution in [0.4, 0.5) is 18.0 Å². The van der Waals surface area contributed by atoms with Crippen LogP contribution in [0, 0.1) is 0 Å². The number of rotatable bonds is 3. The quantitative estimate of drug-likeness (QED) is 0.899. The Morgan fingerprint density at radius 3 is 2.86 bits per heavy atom. The van der Waals surface area contributed by atoms with Gasteiger partial charge in [-0.25, -0.2) is 4.79 Å². The second kappa shape index (κ2) is 6.53. The van der Waals surface area contributed by atoms with Gasteiger partial charge in [0, 0.05) is 13.1 Å². The van der Waals surface area contributed by atoms with Gasteiger partial charge in [0.25, 0.3) is 0 Å². The van der Waals surface area contributed by atoms with Crippen molar-refractivity contribution < 1.29 is 22.7 Å². The Hall–Kier alpha value is -1.47. The molecule has 1 aromatic rings. The molecular formula is C13H14ClF3N2O2. The molecule has 0 saturated carbocycles. The highest BCUT2D eigenvalue weighted by molar-refractivity contribution is 6.32. The summed E-state index contributed by atoms with van der Waals surface area (Å²) < 4.78 is 43.2. The standard InChI is InChI=1S/C13H14ClF3N2O2/c14-11-8(2-1-3-10(11)13(15,16)17)6-19-12(20)21-9-4-5-18-7-9/h1-3,9,18H,4-7H2,(H,19,20)/t9-/m1/s1. The van der Waals surface area contributed by atoms with Crippen molar-refractivity contribution >= 4 is 17.7 Å². The van der Waals surface area contributed by atoms with Crippen LogP contribution in [0.1, 0.15) is 17.5 Å². The van der Waals surface area contributed by atoms with Crippen LogP contribution in [0.5, 0.6) is 0 Å². The van der Waals surface area contributed by atoms with E-state index in [1.165, 1.54) is 12.1 Å². The highest BCUT2D eigenvalue weighted by Crippen LogP contribution is 2.36.